The molecule has 2 rings (SSSR count). The molecule has 11 heteroatoms. The molecule has 0 aliphatic rings. The fourth-order valence-corrected chi connectivity index (χ4v) is 5.76. The second-order valence-corrected chi connectivity index (χ2v) is 12.3. The minimum absolute atomic E-state index is 0.0294. The van der Waals surface area contributed by atoms with Crippen molar-refractivity contribution in [2.24, 2.45) is 45.5 Å². The summed E-state index contributed by atoms with van der Waals surface area (Å²) < 4.78 is 0. The van der Waals surface area contributed by atoms with Crippen LogP contribution in [0.4, 0.5) is 0 Å². The van der Waals surface area contributed by atoms with Gasteiger partial charge in [-0.1, -0.05) is 48.0 Å². The Bertz CT molecular complexity index is 1320. The molecule has 0 unspecified atom stereocenters. The number of aliphatic imine (C=N–C) groups is 1. The summed E-state index contributed by atoms with van der Waals surface area (Å²) in [7, 11) is 0. The molecule has 2 aromatic carbocycles. The second-order valence-electron chi connectivity index (χ2n) is 12.3. The van der Waals surface area contributed by atoms with Crippen LogP contribution in [0.15, 0.2) is 47.5 Å². The number of guanidine groups is 1. The lowest BCUT2D eigenvalue weighted by Gasteiger charge is -2.25. The van der Waals surface area contributed by atoms with Crippen LogP contribution in [0.25, 0.3) is 0 Å². The van der Waals surface area contributed by atoms with Crippen molar-refractivity contribution in [2.45, 2.75) is 90.6 Å². The minimum atomic E-state index is -0.859. The van der Waals surface area contributed by atoms with E-state index in [1.807, 2.05) is 63.2 Å². The third-order valence-electron chi connectivity index (χ3n) is 8.32. The smallest absolute Gasteiger partial charge is 0.224 e. The Morgan fingerprint density at radius 1 is 0.804 bits per heavy atom. The zero-order valence-electron chi connectivity index (χ0n) is 27.6. The molecule has 4 atom stereocenters. The summed E-state index contributed by atoms with van der Waals surface area (Å²) in [5, 5.41) is 2.94. The molecule has 0 radical (unpaired) electrons. The van der Waals surface area contributed by atoms with Crippen LogP contribution >= 0.6 is 0 Å². The predicted octanol–water partition coefficient (Wildman–Crippen LogP) is 2.03. The van der Waals surface area contributed by atoms with Gasteiger partial charge in [-0.15, -0.1) is 0 Å². The number of ketones is 2. The highest BCUT2D eigenvalue weighted by Gasteiger charge is 2.31. The van der Waals surface area contributed by atoms with Gasteiger partial charge in [-0.05, 0) is 94.5 Å². The van der Waals surface area contributed by atoms with Crippen molar-refractivity contribution in [2.75, 3.05) is 13.1 Å². The van der Waals surface area contributed by atoms with Gasteiger partial charge in [0.2, 0.25) is 11.8 Å². The van der Waals surface area contributed by atoms with E-state index in [4.69, 9.17) is 28.7 Å². The monoisotopic (exact) mass is 635 g/mol. The number of amides is 2. The van der Waals surface area contributed by atoms with Gasteiger partial charge in [0.25, 0.3) is 0 Å². The highest BCUT2D eigenvalue weighted by molar-refractivity contribution is 5.94. The summed E-state index contributed by atoms with van der Waals surface area (Å²) in [5.74, 6) is -3.05. The summed E-state index contributed by atoms with van der Waals surface area (Å²) in [6.45, 7) is 6.76. The molecule has 11 nitrogen and oxygen atoms in total. The number of nitrogens with two attached hydrogens (primary N) is 5. The predicted molar refractivity (Wildman–Crippen MR) is 183 cm³/mol. The van der Waals surface area contributed by atoms with Crippen molar-refractivity contribution in [3.8, 4) is 0 Å². The number of hydrogen-bond donors (Lipinski definition) is 6. The summed E-state index contributed by atoms with van der Waals surface area (Å²) >= 11 is 0. The molecule has 0 bridgehead atoms. The molecule has 2 amide bonds. The number of aryl methyl sites for hydroxylation is 3. The number of carbonyl (C=O) groups is 4. The third-order valence-corrected chi connectivity index (χ3v) is 8.32. The average Bonchev–Trinajstić information content (AvgIpc) is 2.99. The molecule has 0 fully saturated rings. The molecule has 0 heterocycles. The van der Waals surface area contributed by atoms with Crippen LogP contribution in [0.2, 0.25) is 0 Å². The van der Waals surface area contributed by atoms with E-state index in [-0.39, 0.29) is 30.4 Å². The van der Waals surface area contributed by atoms with Crippen molar-refractivity contribution in [1.82, 2.24) is 5.32 Å². The zero-order chi connectivity index (χ0) is 34.2. The summed E-state index contributed by atoms with van der Waals surface area (Å²) in [6, 6.07) is 11.8. The van der Waals surface area contributed by atoms with Gasteiger partial charge >= 0.3 is 0 Å². The van der Waals surface area contributed by atoms with Crippen molar-refractivity contribution in [3.63, 3.8) is 0 Å². The Labute approximate surface area is 273 Å². The van der Waals surface area contributed by atoms with Crippen LogP contribution in [-0.4, -0.2) is 54.5 Å². The van der Waals surface area contributed by atoms with Gasteiger partial charge < -0.3 is 34.0 Å². The molecule has 0 aliphatic carbocycles. The van der Waals surface area contributed by atoms with Gasteiger partial charge in [0.05, 0.1) is 12.1 Å². The van der Waals surface area contributed by atoms with Crippen molar-refractivity contribution in [3.05, 3.63) is 70.3 Å². The largest absolute Gasteiger partial charge is 0.370 e. The number of Topliss-reactive ketones (excluding diaryl/α,β-unsaturated/α-hetero) is 2. The molecular weight excluding hydrogens is 582 g/mol. The minimum Gasteiger partial charge on any atom is -0.370 e. The number of unbranched alkanes of at least 4 members (excludes halogenated alkanes) is 1. The van der Waals surface area contributed by atoms with Gasteiger partial charge in [-0.2, -0.15) is 0 Å². The van der Waals surface area contributed by atoms with Crippen LogP contribution in [0, 0.1) is 32.6 Å². The highest BCUT2D eigenvalue weighted by Crippen LogP contribution is 2.24. The van der Waals surface area contributed by atoms with Gasteiger partial charge in [-0.25, -0.2) is 0 Å². The molecule has 0 aromatic heterocycles. The molecule has 2 aromatic rings. The van der Waals surface area contributed by atoms with E-state index in [1.165, 1.54) is 0 Å². The second kappa shape index (κ2) is 19.4. The van der Waals surface area contributed by atoms with Gasteiger partial charge in [0, 0.05) is 31.2 Å². The number of benzene rings is 2. The van der Waals surface area contributed by atoms with E-state index in [2.05, 4.69) is 10.3 Å². The maximum Gasteiger partial charge on any atom is 0.224 e. The molecule has 11 N–H and O–H groups in total. The Hall–Kier alpha value is -4.09. The molecule has 46 heavy (non-hydrogen) atoms. The number of hydrogen-bond acceptors (Lipinski definition) is 7. The van der Waals surface area contributed by atoms with Crippen molar-refractivity contribution >= 4 is 29.3 Å². The Balaban J connectivity index is 2.30. The SMILES string of the molecule is Cc1cc(C)c(C[C@H](CC(=O)[C@H](N)CCCN=C(N)N)C(=O)N[C@@H](CCCCN)C(=O)C[C@@H](Cc2ccccc2)C(N)=O)c(C)c1. The van der Waals surface area contributed by atoms with Crippen molar-refractivity contribution < 1.29 is 19.2 Å². The number of nitrogens with one attached hydrogen (secondary N) is 1. The lowest BCUT2D eigenvalue weighted by atomic mass is 9.86. The van der Waals surface area contributed by atoms with E-state index in [0.29, 0.717) is 58.0 Å². The van der Waals surface area contributed by atoms with E-state index in [1.54, 1.807) is 0 Å². The average molecular weight is 636 g/mol. The van der Waals surface area contributed by atoms with E-state index < -0.39 is 35.7 Å². The Kier molecular flexibility index (Phi) is 16.1. The van der Waals surface area contributed by atoms with Gasteiger partial charge in [0.15, 0.2) is 11.7 Å². The number of rotatable bonds is 21. The lowest BCUT2D eigenvalue weighted by molar-refractivity contribution is -0.133. The molecule has 0 saturated heterocycles. The first-order chi connectivity index (χ1) is 21.8. The summed E-state index contributed by atoms with van der Waals surface area (Å²) in [5.41, 5.74) is 33.4. The van der Waals surface area contributed by atoms with E-state index in [9.17, 15) is 19.2 Å². The topological polar surface area (TPSA) is 223 Å². The highest BCUT2D eigenvalue weighted by atomic mass is 16.2. The Morgan fingerprint density at radius 2 is 1.43 bits per heavy atom. The fourth-order valence-electron chi connectivity index (χ4n) is 5.76. The van der Waals surface area contributed by atoms with E-state index >= 15 is 0 Å². The Morgan fingerprint density at radius 3 is 2.02 bits per heavy atom. The zero-order valence-corrected chi connectivity index (χ0v) is 27.6. The third kappa shape index (κ3) is 13.1. The maximum absolute atomic E-state index is 14.0. The summed E-state index contributed by atoms with van der Waals surface area (Å²) in [6.07, 6.45) is 2.92. The normalized spacial score (nSPS) is 13.7. The number of primary amides is 1. The fraction of sp³-hybridized carbons (Fsp3) is 0.514. The standard InChI is InChI=1S/C35H53N7O4/c1-22-16-23(2)28(24(3)17-22)19-27(21-31(43)29(37)12-9-15-41-35(39)40)34(46)42-30(13-7-8-14-36)32(44)20-26(33(38)45)18-25-10-5-4-6-11-25/h4-6,10-11,16-17,26-27,29-30H,7-9,12-15,18-21,36-37H2,1-3H3,(H2,38,45)(H,42,46)(H4,39,40,41)/t26-,27-,29-,30+/m1/s1. The first-order valence-electron chi connectivity index (χ1n) is 16.1. The van der Waals surface area contributed by atoms with Gasteiger partial charge in [0.1, 0.15) is 5.78 Å². The van der Waals surface area contributed by atoms with Crippen molar-refractivity contribution in [1.29, 1.82) is 0 Å². The molecule has 0 saturated carbocycles. The molecule has 0 aliphatic heterocycles. The van der Waals surface area contributed by atoms with Crippen LogP contribution in [0.1, 0.15) is 72.8 Å². The van der Waals surface area contributed by atoms with Crippen LogP contribution < -0.4 is 34.0 Å². The maximum atomic E-state index is 14.0. The van der Waals surface area contributed by atoms with Crippen LogP contribution in [0.5, 0.6) is 0 Å². The lowest BCUT2D eigenvalue weighted by Crippen LogP contribution is -2.46. The number of nitrogens with zero attached hydrogens (tertiary/aromatic N) is 1. The molecule has 0 spiro atoms. The molecular formula is C35H53N7O4. The molecule has 252 valence electrons. The van der Waals surface area contributed by atoms with Crippen LogP contribution in [0.3, 0.4) is 0 Å². The summed E-state index contributed by atoms with van der Waals surface area (Å²) in [4.78, 5) is 57.2. The first kappa shape index (κ1) is 38.1. The van der Waals surface area contributed by atoms with E-state index in [0.717, 1.165) is 27.8 Å². The quantitative estimate of drug-likeness (QED) is 0.0675. The number of carbonyl (C=O) groups excluding carboxylic acids is 4. The van der Waals surface area contributed by atoms with Crippen LogP contribution in [-0.2, 0) is 32.0 Å². The van der Waals surface area contributed by atoms with Gasteiger partial charge in [-0.3, -0.25) is 24.2 Å². The first-order valence-corrected chi connectivity index (χ1v) is 16.1.